The molecule has 1 atom stereocenters. The second-order valence-electron chi connectivity index (χ2n) is 7.33. The highest BCUT2D eigenvalue weighted by Gasteiger charge is 2.32. The molecule has 2 aliphatic rings. The first-order valence-electron chi connectivity index (χ1n) is 9.77. The maximum absolute atomic E-state index is 12.7. The van der Waals surface area contributed by atoms with Crippen molar-refractivity contribution < 1.29 is 19.1 Å². The number of urea groups is 2. The number of methoxy groups -OCH3 is 2. The molecule has 8 heteroatoms. The second-order valence-corrected chi connectivity index (χ2v) is 7.33. The molecule has 0 spiro atoms. The maximum atomic E-state index is 12.7. The molecule has 0 radical (unpaired) electrons. The third-order valence-electron chi connectivity index (χ3n) is 5.72. The monoisotopic (exact) mass is 390 g/mol. The van der Waals surface area contributed by atoms with Crippen LogP contribution in [0.5, 0.6) is 11.5 Å². The van der Waals surface area contributed by atoms with Gasteiger partial charge in [-0.2, -0.15) is 0 Å². The number of nitrogens with zero attached hydrogens (tertiary/aromatic N) is 2. The van der Waals surface area contributed by atoms with E-state index in [0.29, 0.717) is 31.1 Å². The Morgan fingerprint density at radius 2 is 1.93 bits per heavy atom. The Labute approximate surface area is 166 Å². The number of carbonyl (C=O) groups excluding carboxylic acids is 2. The van der Waals surface area contributed by atoms with Crippen LogP contribution in [0, 0.1) is 6.92 Å². The summed E-state index contributed by atoms with van der Waals surface area (Å²) in [6, 6.07) is 3.81. The Hall–Kier alpha value is -2.64. The average molecular weight is 390 g/mol. The molecule has 28 heavy (non-hydrogen) atoms. The average Bonchev–Trinajstić information content (AvgIpc) is 3.13. The number of benzene rings is 1. The Bertz CT molecular complexity index is 731. The van der Waals surface area contributed by atoms with Gasteiger partial charge in [-0.1, -0.05) is 6.07 Å². The van der Waals surface area contributed by atoms with Gasteiger partial charge >= 0.3 is 12.1 Å². The van der Waals surface area contributed by atoms with Crippen molar-refractivity contribution in [3.8, 4) is 11.5 Å². The highest BCUT2D eigenvalue weighted by atomic mass is 16.5. The van der Waals surface area contributed by atoms with Crippen molar-refractivity contribution in [2.24, 2.45) is 0 Å². The van der Waals surface area contributed by atoms with E-state index in [9.17, 15) is 9.59 Å². The van der Waals surface area contributed by atoms with Crippen molar-refractivity contribution in [1.29, 1.82) is 0 Å². The van der Waals surface area contributed by atoms with Gasteiger partial charge in [0.15, 0.2) is 11.5 Å². The molecule has 2 heterocycles. The number of nitrogens with one attached hydrogen (secondary N) is 2. The Morgan fingerprint density at radius 3 is 2.50 bits per heavy atom. The molecule has 1 aromatic rings. The maximum Gasteiger partial charge on any atom is 0.317 e. The third-order valence-corrected chi connectivity index (χ3v) is 5.72. The highest BCUT2D eigenvalue weighted by Crippen LogP contribution is 2.35. The van der Waals surface area contributed by atoms with Gasteiger partial charge in [0, 0.05) is 37.8 Å². The van der Waals surface area contributed by atoms with Gasteiger partial charge in [-0.25, -0.2) is 9.59 Å². The third kappa shape index (κ3) is 3.95. The summed E-state index contributed by atoms with van der Waals surface area (Å²) in [5.41, 5.74) is 1.95. The number of amides is 4. The van der Waals surface area contributed by atoms with E-state index in [1.165, 1.54) is 0 Å². The van der Waals surface area contributed by atoms with Gasteiger partial charge in [0.05, 0.1) is 20.3 Å². The lowest BCUT2D eigenvalue weighted by molar-refractivity contribution is 0.139. The summed E-state index contributed by atoms with van der Waals surface area (Å²) in [7, 11) is 3.22. The molecule has 2 saturated heterocycles. The van der Waals surface area contributed by atoms with Crippen LogP contribution >= 0.6 is 0 Å². The number of carbonyl (C=O) groups is 2. The summed E-state index contributed by atoms with van der Waals surface area (Å²) in [4.78, 5) is 28.3. The van der Waals surface area contributed by atoms with Gasteiger partial charge in [0.2, 0.25) is 0 Å². The van der Waals surface area contributed by atoms with E-state index < -0.39 is 0 Å². The van der Waals surface area contributed by atoms with E-state index >= 15 is 0 Å². The zero-order chi connectivity index (χ0) is 20.3. The number of hydrogen-bond donors (Lipinski definition) is 2. The van der Waals surface area contributed by atoms with Crippen molar-refractivity contribution in [3.63, 3.8) is 0 Å². The van der Waals surface area contributed by atoms with E-state index in [4.69, 9.17) is 9.47 Å². The first-order valence-corrected chi connectivity index (χ1v) is 9.77. The first-order chi connectivity index (χ1) is 13.5. The number of ether oxygens (including phenoxy) is 2. The molecular weight excluding hydrogens is 360 g/mol. The standard InChI is InChI=1S/C20H30N4O4/c1-13-16(5-6-17(27-3)18(13)28-4)14(2)22-20(26)23-10-7-15(8-11-23)24-12-9-21-19(24)25/h5-6,14-15H,7-12H2,1-4H3,(H,21,25)(H,22,26). The molecule has 4 amide bonds. The Balaban J connectivity index is 1.59. The fraction of sp³-hybridized carbons (Fsp3) is 0.600. The number of rotatable bonds is 5. The summed E-state index contributed by atoms with van der Waals surface area (Å²) >= 11 is 0. The molecule has 2 N–H and O–H groups in total. The minimum atomic E-state index is -0.158. The van der Waals surface area contributed by atoms with Gasteiger partial charge < -0.3 is 29.9 Å². The Morgan fingerprint density at radius 1 is 1.21 bits per heavy atom. The molecule has 0 bridgehead atoms. The van der Waals surface area contributed by atoms with Gasteiger partial charge in [0.1, 0.15) is 0 Å². The summed E-state index contributed by atoms with van der Waals surface area (Å²) < 4.78 is 10.8. The quantitative estimate of drug-likeness (QED) is 0.808. The summed E-state index contributed by atoms with van der Waals surface area (Å²) in [5.74, 6) is 1.36. The van der Waals surface area contributed by atoms with Gasteiger partial charge in [-0.05, 0) is 38.3 Å². The summed E-state index contributed by atoms with van der Waals surface area (Å²) in [5, 5.41) is 5.93. The number of hydrogen-bond acceptors (Lipinski definition) is 4. The van der Waals surface area contributed by atoms with E-state index in [0.717, 1.165) is 30.5 Å². The van der Waals surface area contributed by atoms with E-state index in [-0.39, 0.29) is 24.1 Å². The van der Waals surface area contributed by atoms with Crippen molar-refractivity contribution in [1.82, 2.24) is 20.4 Å². The largest absolute Gasteiger partial charge is 0.493 e. The van der Waals surface area contributed by atoms with Crippen LogP contribution in [0.1, 0.15) is 36.9 Å². The van der Waals surface area contributed by atoms with Crippen LogP contribution in [0.2, 0.25) is 0 Å². The summed E-state index contributed by atoms with van der Waals surface area (Å²) in [6.45, 7) is 6.70. The van der Waals surface area contributed by atoms with Crippen molar-refractivity contribution in [2.45, 2.75) is 38.8 Å². The van der Waals surface area contributed by atoms with Crippen LogP contribution in [0.4, 0.5) is 9.59 Å². The smallest absolute Gasteiger partial charge is 0.317 e. The molecule has 0 aromatic heterocycles. The van der Waals surface area contributed by atoms with Crippen molar-refractivity contribution >= 4 is 12.1 Å². The van der Waals surface area contributed by atoms with Crippen molar-refractivity contribution in [3.05, 3.63) is 23.3 Å². The number of piperidine rings is 1. The van der Waals surface area contributed by atoms with E-state index in [1.54, 1.807) is 14.2 Å². The summed E-state index contributed by atoms with van der Waals surface area (Å²) in [6.07, 6.45) is 1.62. The van der Waals surface area contributed by atoms with Crippen LogP contribution in [0.15, 0.2) is 12.1 Å². The van der Waals surface area contributed by atoms with Gasteiger partial charge in [0.25, 0.3) is 0 Å². The van der Waals surface area contributed by atoms with E-state index in [2.05, 4.69) is 10.6 Å². The van der Waals surface area contributed by atoms with Crippen LogP contribution in [0.3, 0.4) is 0 Å². The normalized spacial score (nSPS) is 18.6. The first kappa shape index (κ1) is 20.1. The van der Waals surface area contributed by atoms with Crippen molar-refractivity contribution in [2.75, 3.05) is 40.4 Å². The number of likely N-dealkylation sites (tertiary alicyclic amines) is 1. The van der Waals surface area contributed by atoms with Crippen LogP contribution in [-0.2, 0) is 0 Å². The SMILES string of the molecule is COc1ccc(C(C)NC(=O)N2CCC(N3CCNC3=O)CC2)c(C)c1OC. The van der Waals surface area contributed by atoms with Gasteiger partial charge in [-0.3, -0.25) is 0 Å². The lowest BCUT2D eigenvalue weighted by atomic mass is 10.0. The molecule has 0 aliphatic carbocycles. The highest BCUT2D eigenvalue weighted by molar-refractivity contribution is 5.77. The van der Waals surface area contributed by atoms with Crippen LogP contribution in [-0.4, -0.2) is 68.3 Å². The topological polar surface area (TPSA) is 83.1 Å². The zero-order valence-corrected chi connectivity index (χ0v) is 17.1. The van der Waals surface area contributed by atoms with E-state index in [1.807, 2.05) is 35.8 Å². The van der Waals surface area contributed by atoms with Crippen LogP contribution < -0.4 is 20.1 Å². The predicted molar refractivity (Wildman–Crippen MR) is 106 cm³/mol. The molecule has 2 aliphatic heterocycles. The molecule has 0 saturated carbocycles. The van der Waals surface area contributed by atoms with Gasteiger partial charge in [-0.15, -0.1) is 0 Å². The minimum Gasteiger partial charge on any atom is -0.493 e. The molecule has 8 nitrogen and oxygen atoms in total. The molecular formula is C20H30N4O4. The Kier molecular flexibility index (Phi) is 6.16. The zero-order valence-electron chi connectivity index (χ0n) is 17.1. The predicted octanol–water partition coefficient (Wildman–Crippen LogP) is 2.27. The molecule has 1 aromatic carbocycles. The fourth-order valence-electron chi connectivity index (χ4n) is 4.14. The lowest BCUT2D eigenvalue weighted by Gasteiger charge is -2.36. The molecule has 3 rings (SSSR count). The molecule has 2 fully saturated rings. The fourth-order valence-corrected chi connectivity index (χ4v) is 4.14. The molecule has 1 unspecified atom stereocenters. The van der Waals surface area contributed by atoms with Crippen LogP contribution in [0.25, 0.3) is 0 Å². The second kappa shape index (κ2) is 8.58. The molecule has 154 valence electrons. The lowest BCUT2D eigenvalue weighted by Crippen LogP contribution is -2.50. The minimum absolute atomic E-state index is 0.0143.